The second-order valence-electron chi connectivity index (χ2n) is 5.98. The van der Waals surface area contributed by atoms with Crippen LogP contribution in [0.4, 0.5) is 0 Å². The number of nitrogens with zero attached hydrogens (tertiary/aromatic N) is 3. The topological polar surface area (TPSA) is 89.5 Å². The summed E-state index contributed by atoms with van der Waals surface area (Å²) in [7, 11) is 0. The zero-order chi connectivity index (χ0) is 18.0. The third-order valence-electron chi connectivity index (χ3n) is 4.09. The summed E-state index contributed by atoms with van der Waals surface area (Å²) in [5.41, 5.74) is 3.32. The number of fused-ring (bicyclic) bond motifs is 1. The molecular formula is C17H20N4O3S. The lowest BCUT2D eigenvalue weighted by Gasteiger charge is -2.05. The molecule has 0 aromatic carbocycles. The predicted octanol–water partition coefficient (Wildman–Crippen LogP) is 1.96. The van der Waals surface area contributed by atoms with Crippen LogP contribution in [0.3, 0.4) is 0 Å². The highest BCUT2D eigenvalue weighted by Gasteiger charge is 2.12. The van der Waals surface area contributed by atoms with Crippen LogP contribution in [-0.2, 0) is 17.6 Å². The van der Waals surface area contributed by atoms with E-state index in [0.29, 0.717) is 36.5 Å². The van der Waals surface area contributed by atoms with E-state index in [1.807, 2.05) is 19.2 Å². The van der Waals surface area contributed by atoms with Crippen molar-refractivity contribution in [2.75, 3.05) is 6.54 Å². The summed E-state index contributed by atoms with van der Waals surface area (Å²) in [5, 5.41) is 8.70. The molecule has 3 aromatic heterocycles. The summed E-state index contributed by atoms with van der Waals surface area (Å²) in [6.07, 6.45) is 1.58. The third kappa shape index (κ3) is 3.79. The van der Waals surface area contributed by atoms with E-state index in [2.05, 4.69) is 15.5 Å². The Labute approximate surface area is 148 Å². The van der Waals surface area contributed by atoms with Gasteiger partial charge in [-0.15, -0.1) is 11.3 Å². The molecule has 0 aliphatic carbocycles. The Kier molecular flexibility index (Phi) is 4.98. The number of rotatable bonds is 6. The standard InChI is InChI=1S/C17H20N4O3S/c1-10-8-16(23)21-13(9-25-17(21)19-10)6-7-18-15(22)5-4-14-11(2)20-24-12(14)3/h8-9H,4-7H2,1-3H3,(H,18,22). The number of hydrogen-bond acceptors (Lipinski definition) is 6. The van der Waals surface area contributed by atoms with Crippen LogP contribution in [-0.4, -0.2) is 27.0 Å². The van der Waals surface area contributed by atoms with Gasteiger partial charge < -0.3 is 9.84 Å². The summed E-state index contributed by atoms with van der Waals surface area (Å²) in [5.74, 6) is 0.734. The van der Waals surface area contributed by atoms with Gasteiger partial charge in [-0.05, 0) is 27.2 Å². The SMILES string of the molecule is Cc1cc(=O)n2c(CCNC(=O)CCc3c(C)noc3C)csc2n1. The van der Waals surface area contributed by atoms with Crippen LogP contribution >= 0.6 is 11.3 Å². The van der Waals surface area contributed by atoms with E-state index in [1.54, 1.807) is 11.3 Å². The fourth-order valence-electron chi connectivity index (χ4n) is 2.77. The zero-order valence-electron chi connectivity index (χ0n) is 14.5. The predicted molar refractivity (Wildman–Crippen MR) is 95.1 cm³/mol. The fraction of sp³-hybridized carbons (Fsp3) is 0.412. The van der Waals surface area contributed by atoms with E-state index in [-0.39, 0.29) is 11.5 Å². The zero-order valence-corrected chi connectivity index (χ0v) is 15.3. The van der Waals surface area contributed by atoms with Crippen molar-refractivity contribution in [2.24, 2.45) is 0 Å². The van der Waals surface area contributed by atoms with Gasteiger partial charge in [-0.2, -0.15) is 0 Å². The van der Waals surface area contributed by atoms with Crippen LogP contribution in [0.5, 0.6) is 0 Å². The Bertz CT molecular complexity index is 951. The lowest BCUT2D eigenvalue weighted by molar-refractivity contribution is -0.121. The van der Waals surface area contributed by atoms with Crippen LogP contribution in [0.15, 0.2) is 20.8 Å². The van der Waals surface area contributed by atoms with Crippen LogP contribution in [0.25, 0.3) is 4.96 Å². The highest BCUT2D eigenvalue weighted by Crippen LogP contribution is 2.14. The monoisotopic (exact) mass is 360 g/mol. The largest absolute Gasteiger partial charge is 0.361 e. The quantitative estimate of drug-likeness (QED) is 0.726. The molecule has 25 heavy (non-hydrogen) atoms. The Balaban J connectivity index is 1.55. The maximum absolute atomic E-state index is 12.1. The first-order valence-electron chi connectivity index (χ1n) is 8.11. The van der Waals surface area contributed by atoms with Crippen molar-refractivity contribution < 1.29 is 9.32 Å². The van der Waals surface area contributed by atoms with Crippen molar-refractivity contribution in [1.29, 1.82) is 0 Å². The molecule has 3 aromatic rings. The first-order chi connectivity index (χ1) is 12.0. The number of nitrogens with one attached hydrogen (secondary N) is 1. The Morgan fingerprint density at radius 1 is 1.32 bits per heavy atom. The van der Waals surface area contributed by atoms with Crippen molar-refractivity contribution in [2.45, 2.75) is 40.0 Å². The number of aryl methyl sites for hydroxylation is 3. The van der Waals surface area contributed by atoms with E-state index in [9.17, 15) is 9.59 Å². The van der Waals surface area contributed by atoms with E-state index in [0.717, 1.165) is 22.7 Å². The molecule has 0 saturated heterocycles. The van der Waals surface area contributed by atoms with Crippen LogP contribution < -0.4 is 10.9 Å². The number of thiazole rings is 1. The van der Waals surface area contributed by atoms with Gasteiger partial charge in [0, 0.05) is 47.8 Å². The molecule has 0 bridgehead atoms. The van der Waals surface area contributed by atoms with Gasteiger partial charge in [-0.3, -0.25) is 14.0 Å². The maximum atomic E-state index is 12.1. The molecule has 0 atom stereocenters. The van der Waals surface area contributed by atoms with Gasteiger partial charge in [-0.1, -0.05) is 5.16 Å². The molecule has 0 unspecified atom stereocenters. The minimum atomic E-state index is -0.0801. The van der Waals surface area contributed by atoms with Crippen molar-refractivity contribution in [1.82, 2.24) is 19.9 Å². The van der Waals surface area contributed by atoms with Gasteiger partial charge >= 0.3 is 0 Å². The average molecular weight is 360 g/mol. The van der Waals surface area contributed by atoms with Gasteiger partial charge in [0.1, 0.15) is 5.76 Å². The molecule has 1 N–H and O–H groups in total. The molecule has 0 spiro atoms. The first kappa shape index (κ1) is 17.3. The van der Waals surface area contributed by atoms with Gasteiger partial charge in [0.15, 0.2) is 4.96 Å². The molecule has 132 valence electrons. The van der Waals surface area contributed by atoms with E-state index in [4.69, 9.17) is 4.52 Å². The fourth-order valence-corrected chi connectivity index (χ4v) is 3.75. The van der Waals surface area contributed by atoms with Crippen molar-refractivity contribution in [3.05, 3.63) is 50.2 Å². The number of aromatic nitrogens is 3. The molecule has 0 radical (unpaired) electrons. The lowest BCUT2D eigenvalue weighted by atomic mass is 10.1. The molecule has 0 saturated carbocycles. The summed E-state index contributed by atoms with van der Waals surface area (Å²) in [4.78, 5) is 29.2. The second-order valence-corrected chi connectivity index (χ2v) is 6.82. The smallest absolute Gasteiger partial charge is 0.258 e. The van der Waals surface area contributed by atoms with E-state index >= 15 is 0 Å². The summed E-state index contributed by atoms with van der Waals surface area (Å²) >= 11 is 1.43. The molecular weight excluding hydrogens is 340 g/mol. The van der Waals surface area contributed by atoms with Crippen molar-refractivity contribution in [3.8, 4) is 0 Å². The normalized spacial score (nSPS) is 11.2. The van der Waals surface area contributed by atoms with E-state index < -0.39 is 0 Å². The molecule has 8 heteroatoms. The number of hydrogen-bond donors (Lipinski definition) is 1. The molecule has 3 rings (SSSR count). The highest BCUT2D eigenvalue weighted by atomic mass is 32.1. The minimum absolute atomic E-state index is 0.0270. The average Bonchev–Trinajstić information content (AvgIpc) is 3.09. The Morgan fingerprint density at radius 3 is 2.84 bits per heavy atom. The van der Waals surface area contributed by atoms with Crippen LogP contribution in [0, 0.1) is 20.8 Å². The number of carbonyl (C=O) groups is 1. The molecule has 7 nitrogen and oxygen atoms in total. The summed E-state index contributed by atoms with van der Waals surface area (Å²) in [6, 6.07) is 1.52. The van der Waals surface area contributed by atoms with Crippen molar-refractivity contribution in [3.63, 3.8) is 0 Å². The Morgan fingerprint density at radius 2 is 2.12 bits per heavy atom. The van der Waals surface area contributed by atoms with Gasteiger partial charge in [0.25, 0.3) is 5.56 Å². The van der Waals surface area contributed by atoms with Crippen LogP contribution in [0.1, 0.15) is 34.8 Å². The van der Waals surface area contributed by atoms with Gasteiger partial charge in [0.05, 0.1) is 5.69 Å². The molecule has 0 aliphatic heterocycles. The highest BCUT2D eigenvalue weighted by molar-refractivity contribution is 7.15. The molecule has 0 fully saturated rings. The summed E-state index contributed by atoms with van der Waals surface area (Å²) in [6.45, 7) is 6.01. The van der Waals surface area contributed by atoms with Gasteiger partial charge in [-0.25, -0.2) is 4.98 Å². The first-order valence-corrected chi connectivity index (χ1v) is 8.99. The minimum Gasteiger partial charge on any atom is -0.361 e. The number of amides is 1. The van der Waals surface area contributed by atoms with Gasteiger partial charge in [0.2, 0.25) is 5.91 Å². The maximum Gasteiger partial charge on any atom is 0.258 e. The third-order valence-corrected chi connectivity index (χ3v) is 4.96. The molecule has 1 amide bonds. The molecule has 0 aliphatic rings. The lowest BCUT2D eigenvalue weighted by Crippen LogP contribution is -2.27. The second kappa shape index (κ2) is 7.18. The van der Waals surface area contributed by atoms with Crippen LogP contribution in [0.2, 0.25) is 0 Å². The summed E-state index contributed by atoms with van der Waals surface area (Å²) < 4.78 is 6.70. The molecule has 3 heterocycles. The Hall–Kier alpha value is -2.48. The van der Waals surface area contributed by atoms with Crippen molar-refractivity contribution >= 4 is 22.2 Å². The van der Waals surface area contributed by atoms with E-state index in [1.165, 1.54) is 17.4 Å². The number of carbonyl (C=O) groups excluding carboxylic acids is 1.